The molecule has 184 valence electrons. The van der Waals surface area contributed by atoms with Gasteiger partial charge in [0.15, 0.2) is 0 Å². The first kappa shape index (κ1) is 24.0. The van der Waals surface area contributed by atoms with Gasteiger partial charge in [0.05, 0.1) is 31.9 Å². The van der Waals surface area contributed by atoms with Crippen LogP contribution >= 0.6 is 0 Å². The van der Waals surface area contributed by atoms with Gasteiger partial charge in [-0.15, -0.1) is 0 Å². The predicted molar refractivity (Wildman–Crippen MR) is 111 cm³/mol. The molecule has 10 nitrogen and oxygen atoms in total. The first-order valence-corrected chi connectivity index (χ1v) is 10.8. The standard InChI is InChI=1S/C21H24F3N5O5/c22-21(23,24)19-26-17(27-34-19)13-3-5-14(6-4-13)18(31)25-10-16-12-33-9-8-29(16)20(32)28-7-1-2-15(28)11-30/h3-6,15-16,30H,1-2,7-12H2,(H,25,31)/t15-,16+/m1/s1. The van der Waals surface area contributed by atoms with Gasteiger partial charge in [-0.25, -0.2) is 4.79 Å². The zero-order valence-corrected chi connectivity index (χ0v) is 18.1. The summed E-state index contributed by atoms with van der Waals surface area (Å²) in [7, 11) is 0. The Balaban J connectivity index is 1.36. The third-order valence-electron chi connectivity index (χ3n) is 5.88. The normalized spacial score (nSPS) is 21.1. The Morgan fingerprint density at radius 3 is 2.56 bits per heavy atom. The average Bonchev–Trinajstić information content (AvgIpc) is 3.52. The summed E-state index contributed by atoms with van der Waals surface area (Å²) in [6.07, 6.45) is -3.15. The Kier molecular flexibility index (Phi) is 7.03. The van der Waals surface area contributed by atoms with Crippen LogP contribution in [0.25, 0.3) is 11.4 Å². The van der Waals surface area contributed by atoms with Crippen molar-refractivity contribution in [3.63, 3.8) is 0 Å². The molecule has 34 heavy (non-hydrogen) atoms. The molecule has 4 rings (SSSR count). The highest BCUT2D eigenvalue weighted by molar-refractivity contribution is 5.94. The zero-order chi connectivity index (χ0) is 24.3. The number of urea groups is 1. The first-order chi connectivity index (χ1) is 16.3. The van der Waals surface area contributed by atoms with E-state index in [1.807, 2.05) is 0 Å². The lowest BCUT2D eigenvalue weighted by Crippen LogP contribution is -2.58. The number of aliphatic hydroxyl groups excluding tert-OH is 1. The number of alkyl halides is 3. The van der Waals surface area contributed by atoms with Gasteiger partial charge in [0.25, 0.3) is 5.91 Å². The van der Waals surface area contributed by atoms with Gasteiger partial charge in [0.1, 0.15) is 0 Å². The van der Waals surface area contributed by atoms with Crippen molar-refractivity contribution in [2.24, 2.45) is 0 Å². The van der Waals surface area contributed by atoms with Crippen molar-refractivity contribution in [1.82, 2.24) is 25.3 Å². The Labute approximate surface area is 192 Å². The number of carbonyl (C=O) groups is 2. The number of morpholine rings is 1. The van der Waals surface area contributed by atoms with Crippen molar-refractivity contribution < 1.29 is 37.1 Å². The van der Waals surface area contributed by atoms with Crippen LogP contribution in [0.5, 0.6) is 0 Å². The molecule has 0 bridgehead atoms. The van der Waals surface area contributed by atoms with E-state index in [4.69, 9.17) is 4.74 Å². The quantitative estimate of drug-likeness (QED) is 0.665. The van der Waals surface area contributed by atoms with E-state index < -0.39 is 18.0 Å². The fourth-order valence-corrected chi connectivity index (χ4v) is 4.06. The van der Waals surface area contributed by atoms with Crippen LogP contribution in [0.2, 0.25) is 0 Å². The maximum atomic E-state index is 13.0. The number of hydrogen-bond acceptors (Lipinski definition) is 7. The minimum Gasteiger partial charge on any atom is -0.394 e. The maximum absolute atomic E-state index is 13.0. The largest absolute Gasteiger partial charge is 0.471 e. The van der Waals surface area contributed by atoms with Crippen LogP contribution in [0.3, 0.4) is 0 Å². The molecule has 2 aromatic rings. The lowest BCUT2D eigenvalue weighted by atomic mass is 10.1. The summed E-state index contributed by atoms with van der Waals surface area (Å²) in [4.78, 5) is 32.3. The molecule has 13 heteroatoms. The number of rotatable bonds is 5. The van der Waals surface area contributed by atoms with Crippen molar-refractivity contribution in [1.29, 1.82) is 0 Å². The van der Waals surface area contributed by atoms with Gasteiger partial charge in [-0.3, -0.25) is 4.79 Å². The van der Waals surface area contributed by atoms with Gasteiger partial charge in [-0.2, -0.15) is 18.2 Å². The van der Waals surface area contributed by atoms with Crippen molar-refractivity contribution in [2.75, 3.05) is 39.5 Å². The minimum atomic E-state index is -4.74. The van der Waals surface area contributed by atoms with Crippen LogP contribution in [0.4, 0.5) is 18.0 Å². The lowest BCUT2D eigenvalue weighted by molar-refractivity contribution is -0.159. The molecular weight excluding hydrogens is 459 g/mol. The molecule has 0 radical (unpaired) electrons. The van der Waals surface area contributed by atoms with Gasteiger partial charge >= 0.3 is 18.1 Å². The Hall–Kier alpha value is -3.19. The molecule has 1 aromatic heterocycles. The number of hydrogen-bond donors (Lipinski definition) is 2. The van der Waals surface area contributed by atoms with Crippen LogP contribution in [0.15, 0.2) is 28.8 Å². The van der Waals surface area contributed by atoms with E-state index in [9.17, 15) is 27.9 Å². The second kappa shape index (κ2) is 9.97. The van der Waals surface area contributed by atoms with Crippen molar-refractivity contribution in [3.05, 3.63) is 35.7 Å². The number of nitrogens with zero attached hydrogens (tertiary/aromatic N) is 4. The average molecular weight is 483 g/mol. The van der Waals surface area contributed by atoms with E-state index in [1.54, 1.807) is 9.80 Å². The molecule has 0 unspecified atom stereocenters. The highest BCUT2D eigenvalue weighted by Crippen LogP contribution is 2.29. The molecule has 2 saturated heterocycles. The van der Waals surface area contributed by atoms with Gasteiger partial charge in [-0.05, 0) is 25.0 Å². The Morgan fingerprint density at radius 2 is 1.88 bits per heavy atom. The molecule has 2 atom stereocenters. The van der Waals surface area contributed by atoms with Gasteiger partial charge < -0.3 is 29.5 Å². The number of aromatic nitrogens is 2. The first-order valence-electron chi connectivity index (χ1n) is 10.8. The van der Waals surface area contributed by atoms with Crippen LogP contribution in [-0.4, -0.2) is 88.5 Å². The number of amides is 3. The summed E-state index contributed by atoms with van der Waals surface area (Å²) >= 11 is 0. The summed E-state index contributed by atoms with van der Waals surface area (Å²) in [6.45, 7) is 1.69. The number of likely N-dealkylation sites (tertiary alicyclic amines) is 1. The van der Waals surface area contributed by atoms with Crippen LogP contribution in [-0.2, 0) is 10.9 Å². The number of benzene rings is 1. The van der Waals surface area contributed by atoms with Crippen molar-refractivity contribution in [3.8, 4) is 11.4 Å². The molecule has 3 heterocycles. The summed E-state index contributed by atoms with van der Waals surface area (Å²) in [6, 6.07) is 4.96. The fourth-order valence-electron chi connectivity index (χ4n) is 4.06. The molecule has 2 aliphatic rings. The predicted octanol–water partition coefficient (Wildman–Crippen LogP) is 1.76. The zero-order valence-electron chi connectivity index (χ0n) is 18.1. The third kappa shape index (κ3) is 5.14. The highest BCUT2D eigenvalue weighted by Gasteiger charge is 2.39. The number of aliphatic hydroxyl groups is 1. The summed E-state index contributed by atoms with van der Waals surface area (Å²) in [5.74, 6) is -2.10. The fraction of sp³-hybridized carbons (Fsp3) is 0.524. The lowest BCUT2D eigenvalue weighted by Gasteiger charge is -2.39. The third-order valence-corrected chi connectivity index (χ3v) is 5.88. The Morgan fingerprint density at radius 1 is 1.15 bits per heavy atom. The minimum absolute atomic E-state index is 0.0884. The van der Waals surface area contributed by atoms with Crippen LogP contribution in [0, 0.1) is 0 Å². The van der Waals surface area contributed by atoms with E-state index >= 15 is 0 Å². The van der Waals surface area contributed by atoms with Gasteiger partial charge in [-0.1, -0.05) is 17.3 Å². The molecule has 2 N–H and O–H groups in total. The summed E-state index contributed by atoms with van der Waals surface area (Å²) in [5.41, 5.74) is 0.537. The topological polar surface area (TPSA) is 121 Å². The SMILES string of the molecule is O=C(NC[C@H]1COCCN1C(=O)N1CCC[C@@H]1CO)c1ccc(-c2noc(C(F)(F)F)n2)cc1. The number of halogens is 3. The van der Waals surface area contributed by atoms with E-state index in [0.717, 1.165) is 12.8 Å². The highest BCUT2D eigenvalue weighted by atomic mass is 19.4. The number of nitrogens with one attached hydrogen (secondary N) is 1. The number of ether oxygens (including phenoxy) is 1. The second-order valence-corrected chi connectivity index (χ2v) is 8.08. The second-order valence-electron chi connectivity index (χ2n) is 8.08. The summed E-state index contributed by atoms with van der Waals surface area (Å²) < 4.78 is 47.6. The van der Waals surface area contributed by atoms with Crippen LogP contribution < -0.4 is 5.32 Å². The van der Waals surface area contributed by atoms with E-state index in [1.165, 1.54) is 24.3 Å². The van der Waals surface area contributed by atoms with E-state index in [0.29, 0.717) is 19.7 Å². The summed E-state index contributed by atoms with van der Waals surface area (Å²) in [5, 5.41) is 15.6. The number of carbonyl (C=O) groups excluding carboxylic acids is 2. The van der Waals surface area contributed by atoms with Crippen LogP contribution in [0.1, 0.15) is 29.1 Å². The van der Waals surface area contributed by atoms with Gasteiger partial charge in [0.2, 0.25) is 5.82 Å². The van der Waals surface area contributed by atoms with E-state index in [2.05, 4.69) is 20.0 Å². The van der Waals surface area contributed by atoms with Gasteiger partial charge in [0, 0.05) is 30.8 Å². The van der Waals surface area contributed by atoms with Crippen molar-refractivity contribution >= 4 is 11.9 Å². The maximum Gasteiger partial charge on any atom is 0.471 e. The molecular formula is C21H24F3N5O5. The monoisotopic (exact) mass is 483 g/mol. The molecule has 1 aromatic carbocycles. The van der Waals surface area contributed by atoms with E-state index in [-0.39, 0.29) is 54.8 Å². The molecule has 0 saturated carbocycles. The molecule has 3 amide bonds. The van der Waals surface area contributed by atoms with Crippen molar-refractivity contribution in [2.45, 2.75) is 31.1 Å². The Bertz CT molecular complexity index is 1010. The molecule has 2 aliphatic heterocycles. The molecule has 0 aliphatic carbocycles. The molecule has 0 spiro atoms. The smallest absolute Gasteiger partial charge is 0.394 e. The molecule has 2 fully saturated rings.